The molecule has 102 valence electrons. The van der Waals surface area contributed by atoms with Crippen molar-refractivity contribution in [3.63, 3.8) is 0 Å². The summed E-state index contributed by atoms with van der Waals surface area (Å²) >= 11 is 1.79. The molecule has 0 aliphatic heterocycles. The minimum atomic E-state index is -0.565. The first kappa shape index (κ1) is 16.7. The first-order valence-corrected chi connectivity index (χ1v) is 7.16. The Labute approximate surface area is 109 Å². The molecule has 0 aromatic rings. The van der Waals surface area contributed by atoms with Crippen molar-refractivity contribution in [2.75, 3.05) is 38.9 Å². The van der Waals surface area contributed by atoms with E-state index in [-0.39, 0.29) is 5.97 Å². The zero-order chi connectivity index (χ0) is 13.1. The summed E-state index contributed by atoms with van der Waals surface area (Å²) in [6, 6.07) is 0. The molecule has 0 radical (unpaired) electrons. The highest BCUT2D eigenvalue weighted by atomic mass is 32.2. The van der Waals surface area contributed by atoms with Gasteiger partial charge in [0.05, 0.1) is 13.7 Å². The average Bonchev–Trinajstić information content (AvgIpc) is 2.35. The lowest BCUT2D eigenvalue weighted by atomic mass is 9.99. The van der Waals surface area contributed by atoms with Crippen LogP contribution in [0, 0.1) is 0 Å². The quantitative estimate of drug-likeness (QED) is 0.480. The second kappa shape index (κ2) is 9.74. The lowest BCUT2D eigenvalue weighted by Gasteiger charge is -2.27. The Balaban J connectivity index is 4.05. The topological polar surface area (TPSA) is 47.6 Å². The van der Waals surface area contributed by atoms with Crippen LogP contribution in [0.1, 0.15) is 26.7 Å². The van der Waals surface area contributed by atoms with Crippen LogP contribution < -0.4 is 5.32 Å². The summed E-state index contributed by atoms with van der Waals surface area (Å²) in [5, 5.41) is 3.27. The van der Waals surface area contributed by atoms with Gasteiger partial charge < -0.3 is 14.8 Å². The van der Waals surface area contributed by atoms with E-state index in [0.717, 1.165) is 37.5 Å². The van der Waals surface area contributed by atoms with Crippen LogP contribution in [0.25, 0.3) is 0 Å². The Morgan fingerprint density at radius 1 is 1.35 bits per heavy atom. The number of ether oxygens (including phenoxy) is 2. The fraction of sp³-hybridized carbons (Fsp3) is 0.917. The van der Waals surface area contributed by atoms with Crippen LogP contribution in [0.2, 0.25) is 0 Å². The van der Waals surface area contributed by atoms with Gasteiger partial charge >= 0.3 is 5.97 Å². The third-order valence-corrected chi connectivity index (χ3v) is 3.53. The SMILES string of the molecule is CCCNC(C)(CCSCCOC)C(=O)OC. The molecule has 1 unspecified atom stereocenters. The van der Waals surface area contributed by atoms with Crippen molar-refractivity contribution >= 4 is 17.7 Å². The number of rotatable bonds is 10. The van der Waals surface area contributed by atoms with E-state index in [2.05, 4.69) is 12.2 Å². The molecular formula is C12H25NO3S. The van der Waals surface area contributed by atoms with Crippen LogP contribution in [0.4, 0.5) is 0 Å². The molecule has 0 spiro atoms. The van der Waals surface area contributed by atoms with E-state index in [1.165, 1.54) is 7.11 Å². The average molecular weight is 263 g/mol. The second-order valence-electron chi connectivity index (χ2n) is 4.11. The Kier molecular flexibility index (Phi) is 9.59. The molecule has 0 aliphatic carbocycles. The lowest BCUT2D eigenvalue weighted by molar-refractivity contribution is -0.148. The highest BCUT2D eigenvalue weighted by Crippen LogP contribution is 2.16. The number of thioether (sulfide) groups is 1. The van der Waals surface area contributed by atoms with Gasteiger partial charge in [-0.2, -0.15) is 11.8 Å². The Hall–Kier alpha value is -0.260. The van der Waals surface area contributed by atoms with Crippen LogP contribution in [0.15, 0.2) is 0 Å². The predicted octanol–water partition coefficient (Wildman–Crippen LogP) is 1.69. The third kappa shape index (κ3) is 6.91. The van der Waals surface area contributed by atoms with Crippen molar-refractivity contribution in [2.45, 2.75) is 32.2 Å². The molecule has 0 bridgehead atoms. The van der Waals surface area contributed by atoms with Gasteiger partial charge in [0, 0.05) is 12.9 Å². The molecular weight excluding hydrogens is 238 g/mol. The molecule has 0 aromatic heterocycles. The van der Waals surface area contributed by atoms with Crippen molar-refractivity contribution in [1.29, 1.82) is 0 Å². The summed E-state index contributed by atoms with van der Waals surface area (Å²) in [5.41, 5.74) is -0.565. The maximum Gasteiger partial charge on any atom is 0.325 e. The summed E-state index contributed by atoms with van der Waals surface area (Å²) in [6.07, 6.45) is 1.78. The van der Waals surface area contributed by atoms with E-state index in [0.29, 0.717) is 0 Å². The van der Waals surface area contributed by atoms with Crippen LogP contribution >= 0.6 is 11.8 Å². The third-order valence-electron chi connectivity index (χ3n) is 2.58. The maximum atomic E-state index is 11.7. The van der Waals surface area contributed by atoms with Gasteiger partial charge in [0.1, 0.15) is 5.54 Å². The van der Waals surface area contributed by atoms with Crippen molar-refractivity contribution < 1.29 is 14.3 Å². The molecule has 0 rings (SSSR count). The number of esters is 1. The van der Waals surface area contributed by atoms with Gasteiger partial charge in [-0.25, -0.2) is 0 Å². The molecule has 0 amide bonds. The number of hydrogen-bond acceptors (Lipinski definition) is 5. The van der Waals surface area contributed by atoms with Crippen molar-refractivity contribution in [1.82, 2.24) is 5.32 Å². The smallest absolute Gasteiger partial charge is 0.325 e. The number of nitrogens with one attached hydrogen (secondary N) is 1. The first-order valence-electron chi connectivity index (χ1n) is 6.00. The maximum absolute atomic E-state index is 11.7. The predicted molar refractivity (Wildman–Crippen MR) is 72.5 cm³/mol. The Bertz CT molecular complexity index is 214. The van der Waals surface area contributed by atoms with Crippen LogP contribution in [-0.2, 0) is 14.3 Å². The number of carbonyl (C=O) groups excluding carboxylic acids is 1. The molecule has 1 N–H and O–H groups in total. The van der Waals surface area contributed by atoms with E-state index < -0.39 is 5.54 Å². The van der Waals surface area contributed by atoms with E-state index in [4.69, 9.17) is 9.47 Å². The molecule has 0 fully saturated rings. The van der Waals surface area contributed by atoms with Gasteiger partial charge in [0.25, 0.3) is 0 Å². The zero-order valence-corrected chi connectivity index (χ0v) is 12.2. The van der Waals surface area contributed by atoms with Crippen molar-refractivity contribution in [2.24, 2.45) is 0 Å². The van der Waals surface area contributed by atoms with E-state index >= 15 is 0 Å². The van der Waals surface area contributed by atoms with Crippen LogP contribution in [-0.4, -0.2) is 50.4 Å². The summed E-state index contributed by atoms with van der Waals surface area (Å²) < 4.78 is 9.83. The highest BCUT2D eigenvalue weighted by Gasteiger charge is 2.32. The minimum Gasteiger partial charge on any atom is -0.468 e. The van der Waals surface area contributed by atoms with E-state index in [9.17, 15) is 4.79 Å². The largest absolute Gasteiger partial charge is 0.468 e. The molecule has 0 saturated heterocycles. The lowest BCUT2D eigenvalue weighted by Crippen LogP contribution is -2.50. The molecule has 0 heterocycles. The fourth-order valence-electron chi connectivity index (χ4n) is 1.41. The van der Waals surface area contributed by atoms with Gasteiger partial charge in [-0.15, -0.1) is 0 Å². The molecule has 0 aliphatic rings. The summed E-state index contributed by atoms with van der Waals surface area (Å²) in [5.74, 6) is 1.70. The molecule has 0 saturated carbocycles. The second-order valence-corrected chi connectivity index (χ2v) is 5.33. The molecule has 17 heavy (non-hydrogen) atoms. The Morgan fingerprint density at radius 3 is 2.59 bits per heavy atom. The van der Waals surface area contributed by atoms with E-state index in [1.807, 2.05) is 6.92 Å². The normalized spacial score (nSPS) is 14.4. The van der Waals surface area contributed by atoms with Gasteiger partial charge in [0.15, 0.2) is 0 Å². The van der Waals surface area contributed by atoms with Crippen molar-refractivity contribution in [3.05, 3.63) is 0 Å². The Morgan fingerprint density at radius 2 is 2.06 bits per heavy atom. The monoisotopic (exact) mass is 263 g/mol. The molecule has 1 atom stereocenters. The summed E-state index contributed by atoms with van der Waals surface area (Å²) in [6.45, 7) is 5.57. The summed E-state index contributed by atoms with van der Waals surface area (Å²) in [7, 11) is 3.13. The van der Waals surface area contributed by atoms with Crippen molar-refractivity contribution in [3.8, 4) is 0 Å². The van der Waals surface area contributed by atoms with Crippen LogP contribution in [0.5, 0.6) is 0 Å². The van der Waals surface area contributed by atoms with Crippen LogP contribution in [0.3, 0.4) is 0 Å². The molecule has 5 heteroatoms. The highest BCUT2D eigenvalue weighted by molar-refractivity contribution is 7.99. The van der Waals surface area contributed by atoms with Gasteiger partial charge in [0.2, 0.25) is 0 Å². The minimum absolute atomic E-state index is 0.182. The van der Waals surface area contributed by atoms with E-state index in [1.54, 1.807) is 18.9 Å². The number of carbonyl (C=O) groups is 1. The number of methoxy groups -OCH3 is 2. The van der Waals surface area contributed by atoms with Gasteiger partial charge in [-0.1, -0.05) is 6.92 Å². The van der Waals surface area contributed by atoms with Gasteiger partial charge in [-0.3, -0.25) is 4.79 Å². The zero-order valence-electron chi connectivity index (χ0n) is 11.4. The molecule has 0 aromatic carbocycles. The molecule has 4 nitrogen and oxygen atoms in total. The standard InChI is InChI=1S/C12H25NO3S/c1-5-7-13-12(2,11(14)16-4)6-9-17-10-8-15-3/h13H,5-10H2,1-4H3. The first-order chi connectivity index (χ1) is 8.10. The number of hydrogen-bond donors (Lipinski definition) is 1. The fourth-order valence-corrected chi connectivity index (χ4v) is 2.45. The van der Waals surface area contributed by atoms with Gasteiger partial charge in [-0.05, 0) is 32.1 Å². The summed E-state index contributed by atoms with van der Waals surface area (Å²) in [4.78, 5) is 11.7.